The van der Waals surface area contributed by atoms with Crippen LogP contribution in [0.4, 0.5) is 5.82 Å². The van der Waals surface area contributed by atoms with Gasteiger partial charge in [0.2, 0.25) is 0 Å². The number of aromatic nitrogens is 6. The smallest absolute Gasteiger partial charge is 0.263 e. The van der Waals surface area contributed by atoms with Crippen LogP contribution in [0.3, 0.4) is 0 Å². The number of hydrogen-bond acceptors (Lipinski definition) is 6. The summed E-state index contributed by atoms with van der Waals surface area (Å²) in [6, 6.07) is 19.1. The molecule has 0 bridgehead atoms. The molecule has 9 heteroatoms. The molecule has 5 aromatic rings. The molecule has 33 heavy (non-hydrogen) atoms. The average molecular weight is 439 g/mol. The highest BCUT2D eigenvalue weighted by Crippen LogP contribution is 2.24. The van der Waals surface area contributed by atoms with Gasteiger partial charge in [0.05, 0.1) is 23.0 Å². The average Bonchev–Trinajstić information content (AvgIpc) is 3.41. The molecule has 3 aromatic heterocycles. The molecule has 0 aliphatic rings. The molecule has 0 aliphatic carbocycles. The van der Waals surface area contributed by atoms with Crippen LogP contribution in [0, 0.1) is 13.8 Å². The summed E-state index contributed by atoms with van der Waals surface area (Å²) in [5, 5.41) is 12.6. The van der Waals surface area contributed by atoms with Gasteiger partial charge in [-0.2, -0.15) is 14.9 Å². The fourth-order valence-corrected chi connectivity index (χ4v) is 3.54. The molecule has 164 valence electrons. The molecule has 5 rings (SSSR count). The van der Waals surface area contributed by atoms with Crippen LogP contribution in [0.5, 0.6) is 5.75 Å². The van der Waals surface area contributed by atoms with E-state index < -0.39 is 0 Å². The summed E-state index contributed by atoms with van der Waals surface area (Å²) < 4.78 is 8.94. The first-order valence-electron chi connectivity index (χ1n) is 10.4. The van der Waals surface area contributed by atoms with Crippen molar-refractivity contribution in [2.24, 2.45) is 0 Å². The molecule has 0 saturated carbocycles. The zero-order chi connectivity index (χ0) is 22.8. The molecule has 2 aromatic carbocycles. The lowest BCUT2D eigenvalue weighted by Gasteiger charge is -2.10. The van der Waals surface area contributed by atoms with Crippen LogP contribution < -0.4 is 10.1 Å². The zero-order valence-corrected chi connectivity index (χ0v) is 18.1. The molecule has 0 unspecified atom stereocenters. The van der Waals surface area contributed by atoms with Crippen molar-refractivity contribution in [3.05, 3.63) is 84.4 Å². The normalized spacial score (nSPS) is 11.0. The predicted molar refractivity (Wildman–Crippen MR) is 124 cm³/mol. The first kappa shape index (κ1) is 20.4. The lowest BCUT2D eigenvalue weighted by atomic mass is 10.2. The summed E-state index contributed by atoms with van der Waals surface area (Å²) in [5.74, 6) is 1.34. The Balaban J connectivity index is 1.43. The van der Waals surface area contributed by atoms with Crippen molar-refractivity contribution in [1.82, 2.24) is 29.5 Å². The van der Waals surface area contributed by atoms with Gasteiger partial charge in [0.15, 0.2) is 18.1 Å². The highest BCUT2D eigenvalue weighted by atomic mass is 16.5. The van der Waals surface area contributed by atoms with Gasteiger partial charge in [0.25, 0.3) is 5.91 Å². The van der Waals surface area contributed by atoms with Crippen molar-refractivity contribution in [3.63, 3.8) is 0 Å². The Kier molecular flexibility index (Phi) is 5.27. The van der Waals surface area contributed by atoms with Crippen molar-refractivity contribution >= 4 is 22.8 Å². The van der Waals surface area contributed by atoms with Crippen LogP contribution in [-0.4, -0.2) is 42.0 Å². The van der Waals surface area contributed by atoms with Gasteiger partial charge < -0.3 is 10.1 Å². The quantitative estimate of drug-likeness (QED) is 0.434. The maximum atomic E-state index is 12.6. The largest absolute Gasteiger partial charge is 0.484 e. The van der Waals surface area contributed by atoms with Gasteiger partial charge in [0.1, 0.15) is 17.9 Å². The molecule has 0 spiro atoms. The third-order valence-corrected chi connectivity index (χ3v) is 5.00. The Labute approximate surface area is 189 Å². The van der Waals surface area contributed by atoms with Crippen LogP contribution in [0.15, 0.2) is 73.2 Å². The summed E-state index contributed by atoms with van der Waals surface area (Å²) in [4.78, 5) is 21.4. The number of rotatable bonds is 6. The van der Waals surface area contributed by atoms with Crippen LogP contribution in [0.1, 0.15) is 11.3 Å². The summed E-state index contributed by atoms with van der Waals surface area (Å²) in [6.45, 7) is 3.69. The fraction of sp³-hybridized carbons (Fsp3) is 0.125. The molecule has 0 atom stereocenters. The number of carbonyl (C=O) groups excluding carboxylic acids is 1. The molecule has 0 saturated heterocycles. The molecular weight excluding hydrogens is 418 g/mol. The van der Waals surface area contributed by atoms with Crippen molar-refractivity contribution < 1.29 is 9.53 Å². The van der Waals surface area contributed by atoms with E-state index in [1.165, 1.54) is 6.33 Å². The summed E-state index contributed by atoms with van der Waals surface area (Å²) in [5.41, 5.74) is 3.31. The second-order valence-electron chi connectivity index (χ2n) is 7.56. The van der Waals surface area contributed by atoms with E-state index in [-0.39, 0.29) is 12.5 Å². The molecule has 0 aliphatic heterocycles. The van der Waals surface area contributed by atoms with Crippen LogP contribution >= 0.6 is 0 Å². The van der Waals surface area contributed by atoms with Crippen molar-refractivity contribution in [1.29, 1.82) is 0 Å². The fourth-order valence-electron chi connectivity index (χ4n) is 3.54. The summed E-state index contributed by atoms with van der Waals surface area (Å²) in [6.07, 6.45) is 3.16. The second-order valence-corrected chi connectivity index (χ2v) is 7.56. The number of para-hydroxylation sites is 1. The first-order chi connectivity index (χ1) is 16.1. The van der Waals surface area contributed by atoms with Gasteiger partial charge in [-0.05, 0) is 43.7 Å². The number of fused-ring (bicyclic) bond motifs is 1. The van der Waals surface area contributed by atoms with Crippen LogP contribution in [-0.2, 0) is 4.79 Å². The third kappa shape index (κ3) is 4.16. The minimum Gasteiger partial charge on any atom is -0.484 e. The Morgan fingerprint density at radius 3 is 2.67 bits per heavy atom. The lowest BCUT2D eigenvalue weighted by Crippen LogP contribution is -2.22. The monoisotopic (exact) mass is 439 g/mol. The van der Waals surface area contributed by atoms with E-state index in [0.29, 0.717) is 28.4 Å². The van der Waals surface area contributed by atoms with E-state index in [0.717, 1.165) is 16.9 Å². The van der Waals surface area contributed by atoms with Crippen molar-refractivity contribution in [3.8, 4) is 17.3 Å². The topological polar surface area (TPSA) is 99.8 Å². The van der Waals surface area contributed by atoms with Crippen LogP contribution in [0.2, 0.25) is 0 Å². The Morgan fingerprint density at radius 1 is 1.00 bits per heavy atom. The molecule has 9 nitrogen and oxygen atoms in total. The molecule has 3 heterocycles. The molecule has 1 amide bonds. The SMILES string of the molecule is Cc1cccc(OCC(=O)Nc2cc(C)nn2-c2ncnc3c2cnn3-c2ccccc2)c1. The molecule has 0 fully saturated rings. The van der Waals surface area contributed by atoms with E-state index in [9.17, 15) is 4.79 Å². The number of carbonyl (C=O) groups is 1. The number of ether oxygens (including phenoxy) is 1. The molecular formula is C24H21N7O2. The summed E-state index contributed by atoms with van der Waals surface area (Å²) >= 11 is 0. The van der Waals surface area contributed by atoms with E-state index >= 15 is 0 Å². The number of benzene rings is 2. The van der Waals surface area contributed by atoms with Crippen LogP contribution in [0.25, 0.3) is 22.5 Å². The first-order valence-corrected chi connectivity index (χ1v) is 10.4. The summed E-state index contributed by atoms with van der Waals surface area (Å²) in [7, 11) is 0. The molecule has 1 N–H and O–H groups in total. The van der Waals surface area contributed by atoms with E-state index in [1.807, 2.05) is 68.4 Å². The van der Waals surface area contributed by atoms with Gasteiger partial charge in [-0.15, -0.1) is 0 Å². The van der Waals surface area contributed by atoms with E-state index in [1.54, 1.807) is 21.6 Å². The number of nitrogens with one attached hydrogen (secondary N) is 1. The Morgan fingerprint density at radius 2 is 1.85 bits per heavy atom. The van der Waals surface area contributed by atoms with Gasteiger partial charge in [-0.3, -0.25) is 4.79 Å². The van der Waals surface area contributed by atoms with E-state index in [4.69, 9.17) is 4.74 Å². The predicted octanol–water partition coefficient (Wildman–Crippen LogP) is 3.64. The van der Waals surface area contributed by atoms with E-state index in [2.05, 4.69) is 25.5 Å². The number of hydrogen-bond donors (Lipinski definition) is 1. The maximum Gasteiger partial charge on any atom is 0.263 e. The third-order valence-electron chi connectivity index (χ3n) is 5.00. The number of nitrogens with zero attached hydrogens (tertiary/aromatic N) is 6. The van der Waals surface area contributed by atoms with Gasteiger partial charge >= 0.3 is 0 Å². The Bertz CT molecular complexity index is 1440. The minimum absolute atomic E-state index is 0.126. The number of anilines is 1. The van der Waals surface area contributed by atoms with Crippen molar-refractivity contribution in [2.45, 2.75) is 13.8 Å². The lowest BCUT2D eigenvalue weighted by molar-refractivity contribution is -0.118. The maximum absolute atomic E-state index is 12.6. The van der Waals surface area contributed by atoms with Crippen molar-refractivity contribution in [2.75, 3.05) is 11.9 Å². The highest BCUT2D eigenvalue weighted by Gasteiger charge is 2.17. The van der Waals surface area contributed by atoms with Gasteiger partial charge in [-0.1, -0.05) is 30.3 Å². The minimum atomic E-state index is -0.303. The standard InChI is InChI=1S/C24H21N7O2/c1-16-7-6-10-19(11-16)33-14-22(32)28-21-12-17(2)29-31(21)24-20-13-27-30(23(20)25-15-26-24)18-8-4-3-5-9-18/h3-13,15H,14H2,1-2H3,(H,28,32). The number of aryl methyl sites for hydroxylation is 2. The molecule has 0 radical (unpaired) electrons. The van der Waals surface area contributed by atoms with Gasteiger partial charge in [-0.25, -0.2) is 14.6 Å². The van der Waals surface area contributed by atoms with Gasteiger partial charge in [0, 0.05) is 6.07 Å². The number of amides is 1. The Hall–Kier alpha value is -4.53. The highest BCUT2D eigenvalue weighted by molar-refractivity contribution is 5.92. The second kappa shape index (κ2) is 8.54. The zero-order valence-electron chi connectivity index (χ0n) is 18.1.